The number of rotatable bonds is 5. The summed E-state index contributed by atoms with van der Waals surface area (Å²) in [6, 6.07) is 9.74. The van der Waals surface area contributed by atoms with E-state index in [-0.39, 0.29) is 41.2 Å². The minimum Gasteiger partial charge on any atom is -0.376 e. The van der Waals surface area contributed by atoms with Gasteiger partial charge in [-0.2, -0.15) is 0 Å². The summed E-state index contributed by atoms with van der Waals surface area (Å²) in [5.41, 5.74) is 2.57. The van der Waals surface area contributed by atoms with E-state index in [1.807, 2.05) is 13.0 Å². The van der Waals surface area contributed by atoms with Crippen LogP contribution < -0.4 is 10.6 Å². The molecular formula is C23H23N3O5. The van der Waals surface area contributed by atoms with Crippen molar-refractivity contribution in [3.63, 3.8) is 0 Å². The number of amides is 4. The molecule has 0 bridgehead atoms. The second-order valence-electron chi connectivity index (χ2n) is 7.80. The molecule has 1 unspecified atom stereocenters. The van der Waals surface area contributed by atoms with Crippen LogP contribution in [0, 0.1) is 6.92 Å². The van der Waals surface area contributed by atoms with Crippen molar-refractivity contribution in [2.75, 3.05) is 23.8 Å². The molecule has 0 radical (unpaired) electrons. The first-order chi connectivity index (χ1) is 14.8. The fraction of sp³-hybridized carbons (Fsp3) is 0.304. The summed E-state index contributed by atoms with van der Waals surface area (Å²) in [6.07, 6.45) is 1.59. The smallest absolute Gasteiger partial charge is 0.261 e. The average molecular weight is 421 g/mol. The minimum atomic E-state index is -0.446. The van der Waals surface area contributed by atoms with Crippen molar-refractivity contribution in [2.45, 2.75) is 32.8 Å². The topological polar surface area (TPSA) is 105 Å². The number of fused-ring (bicyclic) bond motifs is 1. The Morgan fingerprint density at radius 2 is 1.81 bits per heavy atom. The number of benzene rings is 2. The number of carbonyl (C=O) groups is 4. The van der Waals surface area contributed by atoms with Crippen LogP contribution in [0.4, 0.5) is 11.4 Å². The fourth-order valence-corrected chi connectivity index (χ4v) is 3.84. The summed E-state index contributed by atoms with van der Waals surface area (Å²) in [6.45, 7) is 4.11. The SMILES string of the molecule is CC(=O)Nc1ccc(C)cc1NC(=O)c1ccc2c(c1)C(=O)N(CC1CCCO1)C2=O. The quantitative estimate of drug-likeness (QED) is 0.722. The maximum Gasteiger partial charge on any atom is 0.261 e. The van der Waals surface area contributed by atoms with Gasteiger partial charge in [-0.25, -0.2) is 0 Å². The maximum absolute atomic E-state index is 12.9. The molecule has 0 aromatic heterocycles. The van der Waals surface area contributed by atoms with Crippen molar-refractivity contribution >= 4 is 35.0 Å². The average Bonchev–Trinajstić information content (AvgIpc) is 3.32. The summed E-state index contributed by atoms with van der Waals surface area (Å²) in [4.78, 5) is 51.0. The third-order valence-electron chi connectivity index (χ3n) is 5.38. The van der Waals surface area contributed by atoms with Crippen LogP contribution in [-0.4, -0.2) is 47.8 Å². The van der Waals surface area contributed by atoms with Gasteiger partial charge in [0.2, 0.25) is 5.91 Å². The second kappa shape index (κ2) is 8.31. The summed E-state index contributed by atoms with van der Waals surface area (Å²) in [5, 5.41) is 5.46. The lowest BCUT2D eigenvalue weighted by atomic mass is 10.0. The zero-order valence-corrected chi connectivity index (χ0v) is 17.4. The molecule has 0 spiro atoms. The molecular weight excluding hydrogens is 398 g/mol. The van der Waals surface area contributed by atoms with E-state index >= 15 is 0 Å². The van der Waals surface area contributed by atoms with Crippen molar-refractivity contribution in [1.82, 2.24) is 4.90 Å². The number of carbonyl (C=O) groups excluding carboxylic acids is 4. The summed E-state index contributed by atoms with van der Waals surface area (Å²) in [7, 11) is 0. The highest BCUT2D eigenvalue weighted by Gasteiger charge is 2.38. The molecule has 160 valence electrons. The fourth-order valence-electron chi connectivity index (χ4n) is 3.84. The monoisotopic (exact) mass is 421 g/mol. The van der Waals surface area contributed by atoms with E-state index in [9.17, 15) is 19.2 Å². The summed E-state index contributed by atoms with van der Waals surface area (Å²) in [5.74, 6) is -1.49. The van der Waals surface area contributed by atoms with E-state index in [2.05, 4.69) is 10.6 Å². The van der Waals surface area contributed by atoms with Gasteiger partial charge in [0.1, 0.15) is 0 Å². The molecule has 8 nitrogen and oxygen atoms in total. The molecule has 2 aromatic carbocycles. The van der Waals surface area contributed by atoms with Crippen molar-refractivity contribution < 1.29 is 23.9 Å². The number of aryl methyl sites for hydroxylation is 1. The van der Waals surface area contributed by atoms with E-state index in [0.29, 0.717) is 18.0 Å². The molecule has 8 heteroatoms. The Labute approximate surface area is 179 Å². The largest absolute Gasteiger partial charge is 0.376 e. The number of imide groups is 1. The van der Waals surface area contributed by atoms with Gasteiger partial charge in [-0.05, 0) is 55.7 Å². The lowest BCUT2D eigenvalue weighted by Crippen LogP contribution is -2.36. The summed E-state index contributed by atoms with van der Waals surface area (Å²) >= 11 is 0. The minimum absolute atomic E-state index is 0.140. The zero-order valence-electron chi connectivity index (χ0n) is 17.4. The number of nitrogens with one attached hydrogen (secondary N) is 2. The number of hydrogen-bond acceptors (Lipinski definition) is 5. The van der Waals surface area contributed by atoms with E-state index in [1.165, 1.54) is 30.0 Å². The third kappa shape index (κ3) is 4.20. The molecule has 2 N–H and O–H groups in total. The van der Waals surface area contributed by atoms with Crippen molar-refractivity contribution in [2.24, 2.45) is 0 Å². The maximum atomic E-state index is 12.9. The normalized spacial score (nSPS) is 17.6. The standard InChI is InChI=1S/C23H23N3O5/c1-13-5-8-19(24-14(2)27)20(10-13)25-21(28)15-6-7-17-18(11-15)23(30)26(22(17)29)12-16-4-3-9-31-16/h5-8,10-11,16H,3-4,9,12H2,1-2H3,(H,24,27)(H,25,28). The third-order valence-corrected chi connectivity index (χ3v) is 5.38. The molecule has 1 atom stereocenters. The van der Waals surface area contributed by atoms with Gasteiger partial charge in [0.05, 0.1) is 35.2 Å². The van der Waals surface area contributed by atoms with Crippen LogP contribution >= 0.6 is 0 Å². The predicted octanol–water partition coefficient (Wildman–Crippen LogP) is 2.98. The van der Waals surface area contributed by atoms with Gasteiger partial charge in [-0.15, -0.1) is 0 Å². The Bertz CT molecular complexity index is 1090. The Morgan fingerprint density at radius 3 is 2.52 bits per heavy atom. The first kappa shape index (κ1) is 20.7. The molecule has 1 fully saturated rings. The van der Waals surface area contributed by atoms with E-state index in [1.54, 1.807) is 12.1 Å². The van der Waals surface area contributed by atoms with E-state index < -0.39 is 11.8 Å². The summed E-state index contributed by atoms with van der Waals surface area (Å²) < 4.78 is 5.55. The van der Waals surface area contributed by atoms with E-state index in [0.717, 1.165) is 18.4 Å². The van der Waals surface area contributed by atoms with Crippen LogP contribution in [0.2, 0.25) is 0 Å². The highest BCUT2D eigenvalue weighted by Crippen LogP contribution is 2.28. The molecule has 31 heavy (non-hydrogen) atoms. The van der Waals surface area contributed by atoms with E-state index in [4.69, 9.17) is 4.74 Å². The van der Waals surface area contributed by atoms with Gasteiger partial charge in [-0.1, -0.05) is 6.07 Å². The number of hydrogen-bond donors (Lipinski definition) is 2. The van der Waals surface area contributed by atoms with Gasteiger partial charge < -0.3 is 15.4 Å². The predicted molar refractivity (Wildman–Crippen MR) is 114 cm³/mol. The van der Waals surface area contributed by atoms with Crippen molar-refractivity contribution in [3.8, 4) is 0 Å². The Kier molecular flexibility index (Phi) is 5.56. The van der Waals surface area contributed by atoms with Gasteiger partial charge in [-0.3, -0.25) is 24.1 Å². The van der Waals surface area contributed by atoms with Crippen molar-refractivity contribution in [1.29, 1.82) is 0 Å². The van der Waals surface area contributed by atoms with Crippen molar-refractivity contribution in [3.05, 3.63) is 58.7 Å². The van der Waals surface area contributed by atoms with Gasteiger partial charge >= 0.3 is 0 Å². The zero-order chi connectivity index (χ0) is 22.1. The van der Waals surface area contributed by atoms with Crippen LogP contribution in [0.15, 0.2) is 36.4 Å². The number of ether oxygens (including phenoxy) is 1. The van der Waals surface area contributed by atoms with Crippen LogP contribution in [0.5, 0.6) is 0 Å². The Morgan fingerprint density at radius 1 is 1.03 bits per heavy atom. The highest BCUT2D eigenvalue weighted by atomic mass is 16.5. The molecule has 4 rings (SSSR count). The van der Waals surface area contributed by atoms with Crippen LogP contribution in [0.1, 0.15) is 56.4 Å². The van der Waals surface area contributed by atoms with Gasteiger partial charge in [0.25, 0.3) is 17.7 Å². The molecule has 0 aliphatic carbocycles. The lowest BCUT2D eigenvalue weighted by molar-refractivity contribution is -0.114. The molecule has 2 aliphatic rings. The first-order valence-corrected chi connectivity index (χ1v) is 10.1. The number of nitrogens with zero attached hydrogens (tertiary/aromatic N) is 1. The van der Waals surface area contributed by atoms with Gasteiger partial charge in [0, 0.05) is 19.1 Å². The Hall–Kier alpha value is -3.52. The first-order valence-electron chi connectivity index (χ1n) is 10.1. The second-order valence-corrected chi connectivity index (χ2v) is 7.80. The molecule has 4 amide bonds. The molecule has 1 saturated heterocycles. The molecule has 2 aromatic rings. The highest BCUT2D eigenvalue weighted by molar-refractivity contribution is 6.22. The van der Waals surface area contributed by atoms with Crippen LogP contribution in [0.25, 0.3) is 0 Å². The van der Waals surface area contributed by atoms with Crippen LogP contribution in [-0.2, 0) is 9.53 Å². The number of anilines is 2. The lowest BCUT2D eigenvalue weighted by Gasteiger charge is -2.17. The molecule has 2 aliphatic heterocycles. The van der Waals surface area contributed by atoms with Gasteiger partial charge in [0.15, 0.2) is 0 Å². The molecule has 0 saturated carbocycles. The van der Waals surface area contributed by atoms with Crippen LogP contribution in [0.3, 0.4) is 0 Å². The molecule has 2 heterocycles. The Balaban J connectivity index is 1.55.